The van der Waals surface area contributed by atoms with E-state index in [-0.39, 0.29) is 36.2 Å². The van der Waals surface area contributed by atoms with E-state index >= 15 is 0 Å². The third kappa shape index (κ3) is 5.61. The molecule has 0 saturated carbocycles. The van der Waals surface area contributed by atoms with Gasteiger partial charge in [-0.3, -0.25) is 4.99 Å². The number of hydrogen-bond donors (Lipinski definition) is 1. The molecule has 2 fully saturated rings. The number of halogens is 3. The summed E-state index contributed by atoms with van der Waals surface area (Å²) in [6.07, 6.45) is 3.28. The molecule has 2 saturated heterocycles. The molecule has 1 aromatic rings. The molecule has 1 aromatic carbocycles. The molecule has 2 aliphatic rings. The lowest BCUT2D eigenvalue weighted by molar-refractivity contribution is -0.0816. The molecule has 0 bridgehead atoms. The Bertz CT molecular complexity index is 592. The van der Waals surface area contributed by atoms with E-state index in [0.29, 0.717) is 16.7 Å². The van der Waals surface area contributed by atoms with Gasteiger partial charge >= 0.3 is 0 Å². The number of benzene rings is 1. The van der Waals surface area contributed by atoms with Crippen LogP contribution in [0.25, 0.3) is 0 Å². The first-order valence-corrected chi connectivity index (χ1v) is 9.56. The highest BCUT2D eigenvalue weighted by Crippen LogP contribution is 2.24. The second-order valence-electron chi connectivity index (χ2n) is 6.33. The third-order valence-corrected chi connectivity index (χ3v) is 5.41. The molecule has 26 heavy (non-hydrogen) atoms. The lowest BCUT2D eigenvalue weighted by atomic mass is 10.1. The number of ether oxygens (including phenoxy) is 2. The van der Waals surface area contributed by atoms with E-state index in [9.17, 15) is 0 Å². The lowest BCUT2D eigenvalue weighted by Gasteiger charge is -2.37. The van der Waals surface area contributed by atoms with Gasteiger partial charge < -0.3 is 19.7 Å². The van der Waals surface area contributed by atoms with Crippen LogP contribution in [0.1, 0.15) is 18.4 Å². The van der Waals surface area contributed by atoms with Gasteiger partial charge in [-0.05, 0) is 37.0 Å². The summed E-state index contributed by atoms with van der Waals surface area (Å²) in [6.45, 7) is 3.89. The van der Waals surface area contributed by atoms with Gasteiger partial charge in [0.25, 0.3) is 0 Å². The average Bonchev–Trinajstić information content (AvgIpc) is 3.16. The first kappa shape index (κ1) is 22.0. The van der Waals surface area contributed by atoms with Crippen molar-refractivity contribution in [2.24, 2.45) is 4.99 Å². The Morgan fingerprint density at radius 3 is 2.62 bits per heavy atom. The summed E-state index contributed by atoms with van der Waals surface area (Å²) in [6, 6.07) is 5.59. The van der Waals surface area contributed by atoms with Gasteiger partial charge in [0.1, 0.15) is 6.10 Å². The molecular weight excluding hydrogens is 488 g/mol. The van der Waals surface area contributed by atoms with E-state index in [1.165, 1.54) is 0 Å². The number of rotatable bonds is 4. The number of morpholine rings is 1. The van der Waals surface area contributed by atoms with Crippen LogP contribution in [0.4, 0.5) is 0 Å². The van der Waals surface area contributed by atoms with E-state index in [0.717, 1.165) is 57.0 Å². The lowest BCUT2D eigenvalue weighted by Crippen LogP contribution is -2.53. The molecule has 146 valence electrons. The molecular formula is C18H26Cl2IN3O2. The molecule has 0 radical (unpaired) electrons. The third-order valence-electron chi connectivity index (χ3n) is 4.70. The van der Waals surface area contributed by atoms with E-state index in [2.05, 4.69) is 15.2 Å². The predicted octanol–water partition coefficient (Wildman–Crippen LogP) is 3.61. The molecule has 2 aliphatic heterocycles. The van der Waals surface area contributed by atoms with Crippen LogP contribution in [0.3, 0.4) is 0 Å². The van der Waals surface area contributed by atoms with Gasteiger partial charge in [0, 0.05) is 43.3 Å². The highest BCUT2D eigenvalue weighted by Gasteiger charge is 2.32. The molecule has 2 unspecified atom stereocenters. The molecule has 3 rings (SSSR count). The first-order chi connectivity index (χ1) is 12.2. The number of hydrogen-bond acceptors (Lipinski definition) is 3. The molecule has 0 spiro atoms. The van der Waals surface area contributed by atoms with Crippen molar-refractivity contribution < 1.29 is 9.47 Å². The monoisotopic (exact) mass is 513 g/mol. The van der Waals surface area contributed by atoms with Crippen LogP contribution in [0.2, 0.25) is 10.0 Å². The normalized spacial score (nSPS) is 23.7. The van der Waals surface area contributed by atoms with Crippen LogP contribution in [0, 0.1) is 0 Å². The predicted molar refractivity (Wildman–Crippen MR) is 117 cm³/mol. The molecule has 2 heterocycles. The zero-order valence-corrected chi connectivity index (χ0v) is 18.8. The Labute approximate surface area is 182 Å². The van der Waals surface area contributed by atoms with E-state index in [4.69, 9.17) is 32.7 Å². The van der Waals surface area contributed by atoms with E-state index < -0.39 is 0 Å². The van der Waals surface area contributed by atoms with Crippen LogP contribution in [-0.4, -0.2) is 63.0 Å². The van der Waals surface area contributed by atoms with Gasteiger partial charge in [0.15, 0.2) is 5.96 Å². The maximum Gasteiger partial charge on any atom is 0.193 e. The minimum atomic E-state index is 0. The topological polar surface area (TPSA) is 46.1 Å². The maximum absolute atomic E-state index is 6.24. The van der Waals surface area contributed by atoms with Crippen LogP contribution in [-0.2, 0) is 15.9 Å². The Kier molecular flexibility index (Phi) is 9.23. The van der Waals surface area contributed by atoms with Crippen LogP contribution >= 0.6 is 47.2 Å². The summed E-state index contributed by atoms with van der Waals surface area (Å²) in [5.74, 6) is 0.884. The van der Waals surface area contributed by atoms with Gasteiger partial charge in [0.2, 0.25) is 0 Å². The molecule has 0 aromatic heterocycles. The minimum absolute atomic E-state index is 0. The smallest absolute Gasteiger partial charge is 0.193 e. The molecule has 0 aliphatic carbocycles. The first-order valence-electron chi connectivity index (χ1n) is 8.80. The standard InChI is InChI=1S/C18H25Cl2N3O2.HI/c1-21-18(22-8-7-13-14(19)4-2-5-15(13)20)23-9-11-25-17(12-23)16-6-3-10-24-16;/h2,4-5,16-17H,3,6-12H2,1H3,(H,21,22);1H. The Morgan fingerprint density at radius 2 is 1.96 bits per heavy atom. The molecule has 2 atom stereocenters. The number of nitrogens with zero attached hydrogens (tertiary/aromatic N) is 2. The van der Waals surface area contributed by atoms with Crippen molar-refractivity contribution in [2.45, 2.75) is 31.5 Å². The zero-order chi connectivity index (χ0) is 17.6. The highest BCUT2D eigenvalue weighted by atomic mass is 127. The Balaban J connectivity index is 0.00000243. The number of aliphatic imine (C=N–C) groups is 1. The largest absolute Gasteiger partial charge is 0.375 e. The van der Waals surface area contributed by atoms with Crippen molar-refractivity contribution in [3.05, 3.63) is 33.8 Å². The van der Waals surface area contributed by atoms with Gasteiger partial charge in [-0.25, -0.2) is 0 Å². The SMILES string of the molecule is CN=C(NCCc1c(Cl)cccc1Cl)N1CCOC(C2CCCO2)C1.I. The fourth-order valence-electron chi connectivity index (χ4n) is 3.39. The Hall–Kier alpha value is -0.280. The van der Waals surface area contributed by atoms with Crippen LogP contribution < -0.4 is 5.32 Å². The maximum atomic E-state index is 6.24. The second-order valence-corrected chi connectivity index (χ2v) is 7.15. The van der Waals surface area contributed by atoms with Gasteiger partial charge in [0.05, 0.1) is 12.7 Å². The van der Waals surface area contributed by atoms with Gasteiger partial charge in [-0.1, -0.05) is 29.3 Å². The van der Waals surface area contributed by atoms with Gasteiger partial charge in [-0.15, -0.1) is 24.0 Å². The summed E-state index contributed by atoms with van der Waals surface area (Å²) < 4.78 is 11.7. The van der Waals surface area contributed by atoms with E-state index in [1.54, 1.807) is 7.05 Å². The van der Waals surface area contributed by atoms with Gasteiger partial charge in [-0.2, -0.15) is 0 Å². The Morgan fingerprint density at radius 1 is 1.23 bits per heavy atom. The second kappa shape index (κ2) is 10.9. The fraction of sp³-hybridized carbons (Fsp3) is 0.611. The summed E-state index contributed by atoms with van der Waals surface area (Å²) in [4.78, 5) is 6.66. The quantitative estimate of drug-likeness (QED) is 0.379. The average molecular weight is 514 g/mol. The molecule has 5 nitrogen and oxygen atoms in total. The summed E-state index contributed by atoms with van der Waals surface area (Å²) in [7, 11) is 1.81. The van der Waals surface area contributed by atoms with E-state index in [1.807, 2.05) is 18.2 Å². The van der Waals surface area contributed by atoms with Crippen molar-refractivity contribution >= 4 is 53.1 Å². The van der Waals surface area contributed by atoms with Crippen LogP contribution in [0.5, 0.6) is 0 Å². The molecule has 0 amide bonds. The molecule has 1 N–H and O–H groups in total. The molecule has 8 heteroatoms. The fourth-order valence-corrected chi connectivity index (χ4v) is 3.98. The van der Waals surface area contributed by atoms with Crippen molar-refractivity contribution in [2.75, 3.05) is 39.9 Å². The number of nitrogens with one attached hydrogen (secondary N) is 1. The zero-order valence-electron chi connectivity index (χ0n) is 14.9. The number of guanidine groups is 1. The van der Waals surface area contributed by atoms with Crippen molar-refractivity contribution in [3.8, 4) is 0 Å². The van der Waals surface area contributed by atoms with Crippen molar-refractivity contribution in [1.82, 2.24) is 10.2 Å². The summed E-state index contributed by atoms with van der Waals surface area (Å²) >= 11 is 12.5. The highest BCUT2D eigenvalue weighted by molar-refractivity contribution is 14.0. The van der Waals surface area contributed by atoms with Crippen molar-refractivity contribution in [3.63, 3.8) is 0 Å². The summed E-state index contributed by atoms with van der Waals surface area (Å²) in [5.41, 5.74) is 0.966. The van der Waals surface area contributed by atoms with Crippen molar-refractivity contribution in [1.29, 1.82) is 0 Å². The summed E-state index contributed by atoms with van der Waals surface area (Å²) in [5, 5.41) is 4.82. The van der Waals surface area contributed by atoms with Crippen LogP contribution in [0.15, 0.2) is 23.2 Å². The minimum Gasteiger partial charge on any atom is -0.375 e.